The van der Waals surface area contributed by atoms with E-state index in [0.717, 1.165) is 4.47 Å². The van der Waals surface area contributed by atoms with Crippen LogP contribution in [-0.4, -0.2) is 50.3 Å². The average Bonchev–Trinajstić information content (AvgIpc) is 2.78. The molecule has 2 amide bonds. The molecule has 0 bridgehead atoms. The Labute approximate surface area is 193 Å². The Morgan fingerprint density at radius 3 is 2.03 bits per heavy atom. The van der Waals surface area contributed by atoms with Gasteiger partial charge in [0, 0.05) is 10.0 Å². The highest BCUT2D eigenvalue weighted by atomic mass is 79.9. The number of amides is 2. The highest BCUT2D eigenvalue weighted by Gasteiger charge is 2.22. The van der Waals surface area contributed by atoms with Crippen LogP contribution in [0.2, 0.25) is 0 Å². The fraction of sp³-hybridized carbons (Fsp3) is 0.227. The van der Waals surface area contributed by atoms with Gasteiger partial charge < -0.3 is 30.0 Å². The zero-order valence-electron chi connectivity index (χ0n) is 17.9. The van der Waals surface area contributed by atoms with Crippen LogP contribution < -0.4 is 24.8 Å². The number of halogens is 1. The van der Waals surface area contributed by atoms with Crippen molar-refractivity contribution in [3.05, 3.63) is 57.7 Å². The first-order chi connectivity index (χ1) is 15.2. The highest BCUT2D eigenvalue weighted by molar-refractivity contribution is 9.10. The fourth-order valence-corrected chi connectivity index (χ4v) is 2.89. The molecule has 0 saturated heterocycles. The van der Waals surface area contributed by atoms with E-state index in [0.29, 0.717) is 11.3 Å². The number of hydrogen-bond acceptors (Lipinski definition) is 6. The van der Waals surface area contributed by atoms with Gasteiger partial charge in [-0.25, -0.2) is 0 Å². The van der Waals surface area contributed by atoms with E-state index < -0.39 is 23.8 Å². The van der Waals surface area contributed by atoms with Gasteiger partial charge in [-0.15, -0.1) is 0 Å². The van der Waals surface area contributed by atoms with Crippen LogP contribution in [0.1, 0.15) is 22.8 Å². The van der Waals surface area contributed by atoms with Crippen molar-refractivity contribution in [3.63, 3.8) is 0 Å². The molecule has 0 spiro atoms. The molecule has 0 fully saturated rings. The molecule has 0 aliphatic rings. The number of carboxylic acid groups (broad SMARTS) is 1. The molecule has 1 atom stereocenters. The lowest BCUT2D eigenvalue weighted by Crippen LogP contribution is -2.42. The predicted molar refractivity (Wildman–Crippen MR) is 121 cm³/mol. The molecule has 9 nitrogen and oxygen atoms in total. The molecular weight excluding hydrogens is 484 g/mol. The molecule has 0 aliphatic carbocycles. The summed E-state index contributed by atoms with van der Waals surface area (Å²) in [5.41, 5.74) is 0.617. The van der Waals surface area contributed by atoms with Gasteiger partial charge in [0.25, 0.3) is 11.8 Å². The predicted octanol–water partition coefficient (Wildman–Crippen LogP) is 2.84. The Balaban J connectivity index is 2.42. The third-order valence-corrected chi connectivity index (χ3v) is 4.85. The summed E-state index contributed by atoms with van der Waals surface area (Å²) in [5, 5.41) is 14.0. The summed E-state index contributed by atoms with van der Waals surface area (Å²) in [6, 6.07) is 8.70. The van der Waals surface area contributed by atoms with Crippen LogP contribution in [0.4, 0.5) is 0 Å². The lowest BCUT2D eigenvalue weighted by molar-refractivity contribution is -0.140. The van der Waals surface area contributed by atoms with Gasteiger partial charge in [0.1, 0.15) is 11.7 Å². The molecule has 2 rings (SSSR count). The summed E-state index contributed by atoms with van der Waals surface area (Å²) in [5.74, 6) is -1.77. The first-order valence-corrected chi connectivity index (χ1v) is 10.1. The van der Waals surface area contributed by atoms with E-state index in [-0.39, 0.29) is 22.8 Å². The summed E-state index contributed by atoms with van der Waals surface area (Å²) >= 11 is 3.33. The Hall–Kier alpha value is -3.53. The third kappa shape index (κ3) is 6.24. The number of hydrogen-bond donors (Lipinski definition) is 3. The first kappa shape index (κ1) is 24.7. The van der Waals surface area contributed by atoms with Crippen LogP contribution in [0.5, 0.6) is 17.2 Å². The van der Waals surface area contributed by atoms with E-state index in [9.17, 15) is 14.4 Å². The van der Waals surface area contributed by atoms with E-state index in [4.69, 9.17) is 19.3 Å². The normalized spacial score (nSPS) is 11.8. The van der Waals surface area contributed by atoms with Gasteiger partial charge in [-0.05, 0) is 42.8 Å². The van der Waals surface area contributed by atoms with Crippen molar-refractivity contribution >= 4 is 39.8 Å². The van der Waals surface area contributed by atoms with E-state index in [1.807, 2.05) is 0 Å². The quantitative estimate of drug-likeness (QED) is 0.446. The SMILES string of the molecule is COc1cc(C(=O)NC(=Cc2ccc(Br)cc2)C(=O)NC(C)C(=O)O)cc(OC)c1OC. The summed E-state index contributed by atoms with van der Waals surface area (Å²) in [6.45, 7) is 1.32. The number of carbonyl (C=O) groups is 3. The van der Waals surface area contributed by atoms with Gasteiger partial charge in [0.15, 0.2) is 11.5 Å². The number of carbonyl (C=O) groups excluding carboxylic acids is 2. The van der Waals surface area contributed by atoms with E-state index >= 15 is 0 Å². The van der Waals surface area contributed by atoms with E-state index in [2.05, 4.69) is 26.6 Å². The minimum atomic E-state index is -1.21. The standard InChI is InChI=1S/C22H23BrN2O7/c1-12(22(28)29)24-21(27)16(9-13-5-7-15(23)8-6-13)25-20(26)14-10-17(30-2)19(32-4)18(11-14)31-3/h5-12H,1-4H3,(H,24,27)(H,25,26)(H,28,29). The van der Waals surface area contributed by atoms with Crippen LogP contribution in [-0.2, 0) is 9.59 Å². The van der Waals surface area contributed by atoms with Gasteiger partial charge in [0.2, 0.25) is 5.75 Å². The number of benzene rings is 2. The average molecular weight is 507 g/mol. The van der Waals surface area contributed by atoms with Crippen LogP contribution in [0.25, 0.3) is 6.08 Å². The van der Waals surface area contributed by atoms with Gasteiger partial charge in [0.05, 0.1) is 21.3 Å². The van der Waals surface area contributed by atoms with Crippen LogP contribution in [0.15, 0.2) is 46.6 Å². The Kier molecular flexibility index (Phi) is 8.65. The number of aliphatic carboxylic acids is 1. The number of ether oxygens (including phenoxy) is 3. The van der Waals surface area contributed by atoms with Crippen LogP contribution >= 0.6 is 15.9 Å². The molecule has 10 heteroatoms. The number of methoxy groups -OCH3 is 3. The minimum Gasteiger partial charge on any atom is -0.493 e. The second kappa shape index (κ2) is 11.2. The zero-order chi connectivity index (χ0) is 23.8. The largest absolute Gasteiger partial charge is 0.493 e. The lowest BCUT2D eigenvalue weighted by atomic mass is 10.1. The monoisotopic (exact) mass is 506 g/mol. The van der Waals surface area contributed by atoms with Crippen molar-refractivity contribution in [2.45, 2.75) is 13.0 Å². The molecule has 3 N–H and O–H groups in total. The van der Waals surface area contributed by atoms with Crippen molar-refractivity contribution < 1.29 is 33.7 Å². The molecule has 0 aliphatic heterocycles. The van der Waals surface area contributed by atoms with E-state index in [1.54, 1.807) is 24.3 Å². The van der Waals surface area contributed by atoms with Crippen LogP contribution in [0, 0.1) is 0 Å². The van der Waals surface area contributed by atoms with Gasteiger partial charge in [-0.2, -0.15) is 0 Å². The summed E-state index contributed by atoms with van der Waals surface area (Å²) < 4.78 is 16.6. The van der Waals surface area contributed by atoms with Gasteiger partial charge >= 0.3 is 5.97 Å². The lowest BCUT2D eigenvalue weighted by Gasteiger charge is -2.16. The molecule has 32 heavy (non-hydrogen) atoms. The molecule has 0 heterocycles. The minimum absolute atomic E-state index is 0.139. The topological polar surface area (TPSA) is 123 Å². The Morgan fingerprint density at radius 2 is 1.56 bits per heavy atom. The number of carboxylic acids is 1. The Bertz CT molecular complexity index is 1010. The maximum Gasteiger partial charge on any atom is 0.325 e. The number of rotatable bonds is 9. The van der Waals surface area contributed by atoms with Crippen molar-refractivity contribution in [1.29, 1.82) is 0 Å². The van der Waals surface area contributed by atoms with Crippen molar-refractivity contribution in [3.8, 4) is 17.2 Å². The second-order valence-corrected chi connectivity index (χ2v) is 7.43. The first-order valence-electron chi connectivity index (χ1n) is 9.32. The van der Waals surface area contributed by atoms with Gasteiger partial charge in [-0.1, -0.05) is 28.1 Å². The fourth-order valence-electron chi connectivity index (χ4n) is 2.63. The van der Waals surface area contributed by atoms with Gasteiger partial charge in [-0.3, -0.25) is 14.4 Å². The second-order valence-electron chi connectivity index (χ2n) is 6.51. The van der Waals surface area contributed by atoms with E-state index in [1.165, 1.54) is 46.5 Å². The molecule has 1 unspecified atom stereocenters. The molecule has 170 valence electrons. The maximum absolute atomic E-state index is 13.0. The summed E-state index contributed by atoms with van der Waals surface area (Å²) in [6.07, 6.45) is 1.44. The number of nitrogens with one attached hydrogen (secondary N) is 2. The third-order valence-electron chi connectivity index (χ3n) is 4.32. The van der Waals surface area contributed by atoms with Crippen LogP contribution in [0.3, 0.4) is 0 Å². The summed E-state index contributed by atoms with van der Waals surface area (Å²) in [7, 11) is 4.27. The summed E-state index contributed by atoms with van der Waals surface area (Å²) in [4.78, 5) is 36.8. The molecule has 0 saturated carbocycles. The van der Waals surface area contributed by atoms with Crippen molar-refractivity contribution in [1.82, 2.24) is 10.6 Å². The molecule has 0 radical (unpaired) electrons. The van der Waals surface area contributed by atoms with Crippen molar-refractivity contribution in [2.24, 2.45) is 0 Å². The molecule has 2 aromatic carbocycles. The smallest absolute Gasteiger partial charge is 0.325 e. The molecule has 0 aromatic heterocycles. The molecule has 2 aromatic rings. The maximum atomic E-state index is 13.0. The zero-order valence-corrected chi connectivity index (χ0v) is 19.5. The molecular formula is C22H23BrN2O7. The highest BCUT2D eigenvalue weighted by Crippen LogP contribution is 2.38. The Morgan fingerprint density at radius 1 is 1.00 bits per heavy atom. The van der Waals surface area contributed by atoms with Crippen molar-refractivity contribution in [2.75, 3.05) is 21.3 Å².